The molecule has 16 heteroatoms. The van der Waals surface area contributed by atoms with Gasteiger partial charge in [-0.2, -0.15) is 26.3 Å². The van der Waals surface area contributed by atoms with Crippen molar-refractivity contribution in [2.75, 3.05) is 19.7 Å². The number of morpholine rings is 1. The highest BCUT2D eigenvalue weighted by molar-refractivity contribution is 5.78. The highest BCUT2D eigenvalue weighted by atomic mass is 19.4. The van der Waals surface area contributed by atoms with Crippen molar-refractivity contribution < 1.29 is 60.1 Å². The molecular weight excluding hydrogens is 568 g/mol. The van der Waals surface area contributed by atoms with E-state index in [4.69, 9.17) is 29.0 Å². The second kappa shape index (κ2) is 13.8. The number of carboxylic acid groups (broad SMARTS) is 2. The molecule has 4 rings (SSSR count). The van der Waals surface area contributed by atoms with Gasteiger partial charge in [0.1, 0.15) is 18.1 Å². The monoisotopic (exact) mass is 597 g/mol. The van der Waals surface area contributed by atoms with E-state index in [1.807, 2.05) is 42.3 Å². The lowest BCUT2D eigenvalue weighted by atomic mass is 9.82. The summed E-state index contributed by atoms with van der Waals surface area (Å²) in [6, 6.07) is 8.04. The van der Waals surface area contributed by atoms with Crippen LogP contribution in [0, 0.1) is 6.92 Å². The number of carbonyl (C=O) groups is 3. The number of rotatable bonds is 4. The van der Waals surface area contributed by atoms with E-state index in [-0.39, 0.29) is 24.2 Å². The minimum Gasteiger partial charge on any atom is -0.475 e. The Morgan fingerprint density at radius 2 is 1.59 bits per heavy atom. The molecule has 1 unspecified atom stereocenters. The number of aliphatic carboxylic acids is 2. The molecule has 41 heavy (non-hydrogen) atoms. The van der Waals surface area contributed by atoms with Gasteiger partial charge in [-0.05, 0) is 50.5 Å². The first-order valence-corrected chi connectivity index (χ1v) is 12.1. The Labute approximate surface area is 230 Å². The first-order valence-electron chi connectivity index (χ1n) is 12.1. The minimum atomic E-state index is -5.08. The molecule has 2 aromatic heterocycles. The first-order chi connectivity index (χ1) is 18.9. The van der Waals surface area contributed by atoms with Gasteiger partial charge in [-0.1, -0.05) is 6.07 Å². The van der Waals surface area contributed by atoms with E-state index in [9.17, 15) is 31.1 Å². The van der Waals surface area contributed by atoms with Crippen LogP contribution in [0.3, 0.4) is 0 Å². The summed E-state index contributed by atoms with van der Waals surface area (Å²) >= 11 is 0. The number of hydrogen-bond donors (Lipinski definition) is 2. The van der Waals surface area contributed by atoms with Crippen molar-refractivity contribution in [2.45, 2.75) is 63.8 Å². The van der Waals surface area contributed by atoms with Crippen molar-refractivity contribution in [1.29, 1.82) is 0 Å². The molecule has 10 nitrogen and oxygen atoms in total. The Bertz CT molecular complexity index is 1140. The zero-order chi connectivity index (χ0) is 31.0. The number of likely N-dealkylation sites (tertiary alicyclic amines) is 1. The number of carboxylic acids is 2. The van der Waals surface area contributed by atoms with Gasteiger partial charge in [0.2, 0.25) is 5.91 Å². The van der Waals surface area contributed by atoms with E-state index >= 15 is 0 Å². The molecule has 2 N–H and O–H groups in total. The predicted molar refractivity (Wildman–Crippen MR) is 128 cm³/mol. The molecule has 1 atom stereocenters. The second-order valence-corrected chi connectivity index (χ2v) is 9.31. The number of aryl methyl sites for hydroxylation is 1. The summed E-state index contributed by atoms with van der Waals surface area (Å²) in [5.41, 5.74) is 0.798. The quantitative estimate of drug-likeness (QED) is 0.501. The predicted octanol–water partition coefficient (Wildman–Crippen LogP) is 4.03. The number of piperidine rings is 1. The Hall–Kier alpha value is -3.66. The number of amides is 1. The van der Waals surface area contributed by atoms with E-state index < -0.39 is 24.3 Å². The van der Waals surface area contributed by atoms with Crippen LogP contribution in [0.1, 0.15) is 36.8 Å². The van der Waals surface area contributed by atoms with Crippen molar-refractivity contribution in [3.63, 3.8) is 0 Å². The van der Waals surface area contributed by atoms with Crippen LogP contribution in [0.15, 0.2) is 41.1 Å². The largest absolute Gasteiger partial charge is 0.490 e. The van der Waals surface area contributed by atoms with E-state index in [0.29, 0.717) is 6.54 Å². The van der Waals surface area contributed by atoms with E-state index in [1.54, 1.807) is 6.20 Å². The normalized spacial score (nSPS) is 19.1. The van der Waals surface area contributed by atoms with Gasteiger partial charge in [0.25, 0.3) is 0 Å². The van der Waals surface area contributed by atoms with Crippen molar-refractivity contribution in [2.24, 2.45) is 0 Å². The summed E-state index contributed by atoms with van der Waals surface area (Å²) in [6.07, 6.45) is -4.74. The topological polar surface area (TPSA) is 133 Å². The van der Waals surface area contributed by atoms with Gasteiger partial charge < -0.3 is 24.3 Å². The van der Waals surface area contributed by atoms with E-state index in [0.717, 1.165) is 49.6 Å². The lowest BCUT2D eigenvalue weighted by Crippen LogP contribution is -2.63. The molecule has 4 heterocycles. The van der Waals surface area contributed by atoms with E-state index in [2.05, 4.69) is 16.8 Å². The molecule has 2 saturated heterocycles. The van der Waals surface area contributed by atoms with Crippen LogP contribution in [-0.4, -0.2) is 86.5 Å². The van der Waals surface area contributed by atoms with Crippen molar-refractivity contribution >= 4 is 17.8 Å². The molecule has 2 fully saturated rings. The van der Waals surface area contributed by atoms with Gasteiger partial charge in [-0.3, -0.25) is 14.7 Å². The number of aromatic nitrogens is 1. The number of pyridine rings is 1. The van der Waals surface area contributed by atoms with Crippen LogP contribution in [0.2, 0.25) is 0 Å². The molecule has 0 aliphatic carbocycles. The SMILES string of the molecule is Cc1ccc(CN2CCC3(CC2)OCC(=O)N(Cc2cccnc2)C3C)o1.O=C(O)C(F)(F)F.O=C(O)C(F)(F)F. The van der Waals surface area contributed by atoms with Gasteiger partial charge in [0.05, 0.1) is 18.2 Å². The number of nitrogens with zero attached hydrogens (tertiary/aromatic N) is 3. The standard InChI is InChI=1S/C21H27N3O3.2C2HF3O2/c1-16-5-6-19(27-16)14-23-10-7-21(8-11-23)17(2)24(20(25)15-26-21)13-18-4-3-9-22-12-18;2*3-2(4,5)1(6)7/h3-6,9,12,17H,7-8,10-11,13-15H2,1-2H3;2*(H,6,7). The fraction of sp³-hybridized carbons (Fsp3) is 0.520. The summed E-state index contributed by atoms with van der Waals surface area (Å²) in [4.78, 5) is 38.8. The number of halogens is 6. The van der Waals surface area contributed by atoms with Crippen LogP contribution < -0.4 is 0 Å². The lowest BCUT2D eigenvalue weighted by Gasteiger charge is -2.51. The summed E-state index contributed by atoms with van der Waals surface area (Å²) in [6.45, 7) is 7.57. The highest BCUT2D eigenvalue weighted by Crippen LogP contribution is 2.36. The average Bonchev–Trinajstić information content (AvgIpc) is 3.30. The zero-order valence-corrected chi connectivity index (χ0v) is 22.0. The highest BCUT2D eigenvalue weighted by Gasteiger charge is 2.48. The summed E-state index contributed by atoms with van der Waals surface area (Å²) in [5.74, 6) is -3.49. The summed E-state index contributed by atoms with van der Waals surface area (Å²) < 4.78 is 75.3. The smallest absolute Gasteiger partial charge is 0.475 e. The minimum absolute atomic E-state index is 0.0481. The molecule has 2 aliphatic heterocycles. The van der Waals surface area contributed by atoms with Gasteiger partial charge in [0, 0.05) is 32.0 Å². The number of ether oxygens (including phenoxy) is 1. The van der Waals surface area contributed by atoms with Crippen LogP contribution in [0.25, 0.3) is 0 Å². The fourth-order valence-electron chi connectivity index (χ4n) is 4.26. The van der Waals surface area contributed by atoms with Gasteiger partial charge in [0.15, 0.2) is 0 Å². The fourth-order valence-corrected chi connectivity index (χ4v) is 4.26. The summed E-state index contributed by atoms with van der Waals surface area (Å²) in [5, 5.41) is 14.2. The molecule has 228 valence electrons. The van der Waals surface area contributed by atoms with Crippen LogP contribution >= 0.6 is 0 Å². The third-order valence-electron chi connectivity index (χ3n) is 6.47. The maximum Gasteiger partial charge on any atom is 0.490 e. The third kappa shape index (κ3) is 10.0. The van der Waals surface area contributed by atoms with E-state index in [1.165, 1.54) is 0 Å². The number of alkyl halides is 6. The van der Waals surface area contributed by atoms with Gasteiger partial charge in [-0.15, -0.1) is 0 Å². The number of furan rings is 1. The lowest BCUT2D eigenvalue weighted by molar-refractivity contribution is -0.193. The molecular formula is C25H29F6N3O7. The third-order valence-corrected chi connectivity index (χ3v) is 6.47. The molecule has 0 radical (unpaired) electrons. The Kier molecular flexibility index (Phi) is 11.3. The van der Waals surface area contributed by atoms with Crippen LogP contribution in [0.4, 0.5) is 26.3 Å². The molecule has 1 amide bonds. The van der Waals surface area contributed by atoms with Crippen LogP contribution in [-0.2, 0) is 32.2 Å². The van der Waals surface area contributed by atoms with Crippen molar-refractivity contribution in [3.8, 4) is 0 Å². The van der Waals surface area contributed by atoms with Crippen LogP contribution in [0.5, 0.6) is 0 Å². The Morgan fingerprint density at radius 3 is 2.02 bits per heavy atom. The Balaban J connectivity index is 0.000000349. The zero-order valence-electron chi connectivity index (χ0n) is 22.0. The molecule has 2 aromatic rings. The first kappa shape index (κ1) is 33.5. The Morgan fingerprint density at radius 1 is 1.02 bits per heavy atom. The number of hydrogen-bond acceptors (Lipinski definition) is 7. The number of carbonyl (C=O) groups excluding carboxylic acids is 1. The molecule has 2 aliphatic rings. The van der Waals surface area contributed by atoms with Crippen molar-refractivity contribution in [1.82, 2.24) is 14.8 Å². The molecule has 0 saturated carbocycles. The maximum absolute atomic E-state index is 12.5. The molecule has 0 bridgehead atoms. The maximum atomic E-state index is 12.5. The van der Waals surface area contributed by atoms with Gasteiger partial charge in [-0.25, -0.2) is 9.59 Å². The average molecular weight is 598 g/mol. The summed E-state index contributed by atoms with van der Waals surface area (Å²) in [7, 11) is 0. The molecule has 0 aromatic carbocycles. The van der Waals surface area contributed by atoms with Crippen molar-refractivity contribution in [3.05, 3.63) is 53.7 Å². The molecule has 1 spiro atoms. The van der Waals surface area contributed by atoms with Gasteiger partial charge >= 0.3 is 24.3 Å². The second-order valence-electron chi connectivity index (χ2n) is 9.31.